The molecule has 0 spiro atoms. The van der Waals surface area contributed by atoms with E-state index in [1.807, 2.05) is 0 Å². The van der Waals surface area contributed by atoms with Crippen molar-refractivity contribution in [1.29, 1.82) is 0 Å². The van der Waals surface area contributed by atoms with Crippen molar-refractivity contribution in [3.8, 4) is 0 Å². The first-order valence-electron chi connectivity index (χ1n) is 10.2. The monoisotopic (exact) mass is 364 g/mol. The summed E-state index contributed by atoms with van der Waals surface area (Å²) in [7, 11) is 0. The van der Waals surface area contributed by atoms with E-state index in [1.165, 1.54) is 51.0 Å². The van der Waals surface area contributed by atoms with E-state index in [0.29, 0.717) is 12.5 Å². The van der Waals surface area contributed by atoms with Crippen LogP contribution in [0.5, 0.6) is 0 Å². The highest BCUT2D eigenvalue weighted by Gasteiger charge is 2.55. The number of halogens is 2. The van der Waals surface area contributed by atoms with Crippen LogP contribution in [0.25, 0.3) is 0 Å². The van der Waals surface area contributed by atoms with E-state index in [0.717, 1.165) is 56.2 Å². The summed E-state index contributed by atoms with van der Waals surface area (Å²) < 4.78 is 32.5. The van der Waals surface area contributed by atoms with Crippen molar-refractivity contribution < 1.29 is 13.5 Å². The van der Waals surface area contributed by atoms with Gasteiger partial charge in [0.05, 0.1) is 6.61 Å². The Labute approximate surface area is 155 Å². The van der Waals surface area contributed by atoms with Crippen LogP contribution in [-0.4, -0.2) is 55.7 Å². The normalized spacial score (nSPS) is 29.1. The summed E-state index contributed by atoms with van der Waals surface area (Å²) in [6, 6.07) is 3.81. The molecule has 3 atom stereocenters. The van der Waals surface area contributed by atoms with Gasteiger partial charge in [0, 0.05) is 38.9 Å². The zero-order valence-electron chi connectivity index (χ0n) is 15.5. The summed E-state index contributed by atoms with van der Waals surface area (Å²) in [6.07, 6.45) is 5.23. The Morgan fingerprint density at radius 1 is 0.923 bits per heavy atom. The minimum absolute atomic E-state index is 0.486. The van der Waals surface area contributed by atoms with Gasteiger partial charge in [-0.05, 0) is 67.8 Å². The highest BCUT2D eigenvalue weighted by atomic mass is 19.1. The van der Waals surface area contributed by atoms with Crippen LogP contribution >= 0.6 is 0 Å². The zero-order valence-corrected chi connectivity index (χ0v) is 15.5. The van der Waals surface area contributed by atoms with Crippen molar-refractivity contribution in [3.05, 3.63) is 35.4 Å². The number of ether oxygens (including phenoxy) is 1. The second-order valence-corrected chi connectivity index (χ2v) is 8.29. The number of benzene rings is 1. The molecular formula is C21H30F2N2O. The van der Waals surface area contributed by atoms with Crippen molar-refractivity contribution in [2.45, 2.75) is 32.2 Å². The molecule has 26 heavy (non-hydrogen) atoms. The quantitative estimate of drug-likeness (QED) is 0.656. The SMILES string of the molecule is Fc1cc(F)cc(CN2C[C@@H]3[C@H](COCCCN4CCCCC4)[C@@H]3C2)c1. The van der Waals surface area contributed by atoms with Gasteiger partial charge in [-0.25, -0.2) is 8.78 Å². The standard InChI is InChI=1S/C21H30F2N2O/c22-17-9-16(10-18(23)11-17)12-25-13-19-20(14-25)21(19)15-26-8-4-7-24-5-2-1-3-6-24/h9-11,19-21H,1-8,12-15H2/t19-,20+,21-. The first-order chi connectivity index (χ1) is 12.7. The second-order valence-electron chi connectivity index (χ2n) is 8.29. The van der Waals surface area contributed by atoms with Crippen LogP contribution in [0.15, 0.2) is 18.2 Å². The highest BCUT2D eigenvalue weighted by molar-refractivity contribution is 5.18. The molecule has 1 aliphatic carbocycles. The fraction of sp³-hybridized carbons (Fsp3) is 0.714. The average molecular weight is 364 g/mol. The van der Waals surface area contributed by atoms with E-state index < -0.39 is 11.6 Å². The van der Waals surface area contributed by atoms with Crippen LogP contribution in [-0.2, 0) is 11.3 Å². The number of piperidine rings is 2. The average Bonchev–Trinajstić information content (AvgIpc) is 3.06. The molecule has 4 rings (SSSR count). The molecule has 3 fully saturated rings. The highest BCUT2D eigenvalue weighted by Crippen LogP contribution is 2.52. The maximum Gasteiger partial charge on any atom is 0.126 e. The zero-order chi connectivity index (χ0) is 17.9. The molecule has 0 bridgehead atoms. The summed E-state index contributed by atoms with van der Waals surface area (Å²) in [6.45, 7) is 8.17. The first-order valence-corrected chi connectivity index (χ1v) is 10.2. The van der Waals surface area contributed by atoms with Gasteiger partial charge in [0.15, 0.2) is 0 Å². The summed E-state index contributed by atoms with van der Waals surface area (Å²) >= 11 is 0. The van der Waals surface area contributed by atoms with E-state index in [9.17, 15) is 8.78 Å². The van der Waals surface area contributed by atoms with Crippen LogP contribution in [0.4, 0.5) is 8.78 Å². The molecular weight excluding hydrogens is 334 g/mol. The molecule has 2 heterocycles. The summed E-state index contributed by atoms with van der Waals surface area (Å²) in [5.74, 6) is 1.16. The lowest BCUT2D eigenvalue weighted by molar-refractivity contribution is 0.0967. The molecule has 0 amide bonds. The van der Waals surface area contributed by atoms with Gasteiger partial charge < -0.3 is 9.64 Å². The lowest BCUT2D eigenvalue weighted by atomic mass is 10.1. The molecule has 0 unspecified atom stereocenters. The van der Waals surface area contributed by atoms with E-state index >= 15 is 0 Å². The predicted octanol–water partition coefficient (Wildman–Crippen LogP) is 3.54. The molecule has 3 aliphatic rings. The van der Waals surface area contributed by atoms with Crippen LogP contribution in [0.3, 0.4) is 0 Å². The predicted molar refractivity (Wildman–Crippen MR) is 97.8 cm³/mol. The first kappa shape index (κ1) is 18.3. The van der Waals surface area contributed by atoms with Crippen LogP contribution in [0.2, 0.25) is 0 Å². The molecule has 2 aliphatic heterocycles. The molecule has 1 aromatic rings. The Bertz CT molecular complexity index is 573. The number of fused-ring (bicyclic) bond motifs is 1. The van der Waals surface area contributed by atoms with Crippen molar-refractivity contribution >= 4 is 0 Å². The van der Waals surface area contributed by atoms with Crippen molar-refractivity contribution in [2.75, 3.05) is 45.9 Å². The second kappa shape index (κ2) is 8.32. The fourth-order valence-electron chi connectivity index (χ4n) is 4.87. The van der Waals surface area contributed by atoms with Gasteiger partial charge in [-0.2, -0.15) is 0 Å². The third-order valence-electron chi connectivity index (χ3n) is 6.30. The maximum atomic E-state index is 13.3. The smallest absolute Gasteiger partial charge is 0.126 e. The van der Waals surface area contributed by atoms with Crippen molar-refractivity contribution in [2.24, 2.45) is 17.8 Å². The van der Waals surface area contributed by atoms with Gasteiger partial charge in [-0.3, -0.25) is 4.90 Å². The molecule has 1 saturated carbocycles. The number of nitrogens with zero attached hydrogens (tertiary/aromatic N) is 2. The summed E-state index contributed by atoms with van der Waals surface area (Å²) in [4.78, 5) is 4.88. The Morgan fingerprint density at radius 2 is 1.62 bits per heavy atom. The van der Waals surface area contributed by atoms with Gasteiger partial charge in [-0.1, -0.05) is 6.42 Å². The molecule has 0 aromatic heterocycles. The summed E-state index contributed by atoms with van der Waals surface area (Å²) in [5, 5.41) is 0. The molecule has 5 heteroatoms. The molecule has 0 radical (unpaired) electrons. The van der Waals surface area contributed by atoms with Crippen LogP contribution < -0.4 is 0 Å². The van der Waals surface area contributed by atoms with Gasteiger partial charge >= 0.3 is 0 Å². The lowest BCUT2D eigenvalue weighted by Crippen LogP contribution is -2.31. The third-order valence-corrected chi connectivity index (χ3v) is 6.30. The molecule has 1 aromatic carbocycles. The van der Waals surface area contributed by atoms with Gasteiger partial charge in [0.2, 0.25) is 0 Å². The number of hydrogen-bond acceptors (Lipinski definition) is 3. The van der Waals surface area contributed by atoms with Crippen LogP contribution in [0, 0.1) is 29.4 Å². The molecule has 0 N–H and O–H groups in total. The Kier molecular flexibility index (Phi) is 5.87. The van der Waals surface area contributed by atoms with E-state index in [1.54, 1.807) is 0 Å². The summed E-state index contributed by atoms with van der Waals surface area (Å²) in [5.41, 5.74) is 0.731. The van der Waals surface area contributed by atoms with E-state index in [4.69, 9.17) is 4.74 Å². The number of hydrogen-bond donors (Lipinski definition) is 0. The van der Waals surface area contributed by atoms with Gasteiger partial charge in [0.1, 0.15) is 11.6 Å². The Hall–Kier alpha value is -1.04. The minimum atomic E-state index is -0.486. The van der Waals surface area contributed by atoms with E-state index in [-0.39, 0.29) is 0 Å². The lowest BCUT2D eigenvalue weighted by Gasteiger charge is -2.26. The maximum absolute atomic E-state index is 13.3. The third kappa shape index (κ3) is 4.62. The minimum Gasteiger partial charge on any atom is -0.381 e. The Morgan fingerprint density at radius 3 is 2.31 bits per heavy atom. The Balaban J connectivity index is 1.10. The molecule has 144 valence electrons. The number of rotatable bonds is 8. The van der Waals surface area contributed by atoms with Gasteiger partial charge in [0.25, 0.3) is 0 Å². The number of likely N-dealkylation sites (tertiary alicyclic amines) is 2. The fourth-order valence-corrected chi connectivity index (χ4v) is 4.87. The topological polar surface area (TPSA) is 15.7 Å². The largest absolute Gasteiger partial charge is 0.381 e. The van der Waals surface area contributed by atoms with Crippen molar-refractivity contribution in [1.82, 2.24) is 9.80 Å². The van der Waals surface area contributed by atoms with Crippen molar-refractivity contribution in [3.63, 3.8) is 0 Å². The molecule has 2 saturated heterocycles. The van der Waals surface area contributed by atoms with Gasteiger partial charge in [-0.15, -0.1) is 0 Å². The van der Waals surface area contributed by atoms with Crippen LogP contribution in [0.1, 0.15) is 31.2 Å². The molecule has 3 nitrogen and oxygen atoms in total. The van der Waals surface area contributed by atoms with E-state index in [2.05, 4.69) is 9.80 Å².